The summed E-state index contributed by atoms with van der Waals surface area (Å²) in [5.41, 5.74) is 1.09. The van der Waals surface area contributed by atoms with E-state index in [0.717, 1.165) is 77.9 Å². The van der Waals surface area contributed by atoms with E-state index in [1.807, 2.05) is 48.5 Å². The average Bonchev–Trinajstić information content (AvgIpc) is 4.05. The summed E-state index contributed by atoms with van der Waals surface area (Å²) in [5.74, 6) is 0.524. The number of alkyl carbamates (subject to hydrolysis) is 2. The number of carbonyl (C=O) groups excluding carboxylic acids is 3. The van der Waals surface area contributed by atoms with E-state index in [1.165, 1.54) is 29.9 Å². The molecule has 1 aromatic heterocycles. The van der Waals surface area contributed by atoms with Gasteiger partial charge in [-0.3, -0.25) is 9.79 Å². The number of nitrogens with one attached hydrogen (secondary N) is 4. The SMILES string of the molecule is CC(C)OC(=O)NC1CCC(C2=NC=C(c3ccc(OCCCC(=O)OC(C)(C)C)cc3S(=O)(=O)NC(C)(C)C)C2)CC1.CC(C)OC(=O)NC1CCC(c2ncc(-c3ccc(O)cc3S(=O)(=O)NC(C)(C)C)s2)CC1.CCCBr. The van der Waals surface area contributed by atoms with Gasteiger partial charge < -0.3 is 34.7 Å². The maximum absolute atomic E-state index is 13.6. The number of alkyl halides is 1. The summed E-state index contributed by atoms with van der Waals surface area (Å²) in [6.45, 7) is 25.8. The van der Waals surface area contributed by atoms with Gasteiger partial charge in [0, 0.05) is 83.1 Å². The second kappa shape index (κ2) is 30.1. The van der Waals surface area contributed by atoms with Gasteiger partial charge in [-0.1, -0.05) is 22.9 Å². The zero-order valence-corrected chi connectivity index (χ0v) is 53.5. The first kappa shape index (κ1) is 67.9. The number of aromatic hydroxyl groups is 1. The van der Waals surface area contributed by atoms with Crippen LogP contribution in [0.25, 0.3) is 16.0 Å². The Morgan fingerprint density at radius 2 is 1.24 bits per heavy atom. The highest BCUT2D eigenvalue weighted by molar-refractivity contribution is 9.09. The Labute approximate surface area is 489 Å². The van der Waals surface area contributed by atoms with E-state index < -0.39 is 36.7 Å². The monoisotopic (exact) mass is 1240 g/mol. The number of ether oxygens (including phenoxy) is 4. The molecular weight excluding hydrogens is 1150 g/mol. The van der Waals surface area contributed by atoms with Crippen LogP contribution in [0.15, 0.2) is 63.6 Å². The van der Waals surface area contributed by atoms with Crippen molar-refractivity contribution in [2.75, 3.05) is 11.9 Å². The fraction of sp³-hybridized carbons (Fsp3) is 0.638. The third kappa shape index (κ3) is 23.3. The summed E-state index contributed by atoms with van der Waals surface area (Å²) in [5, 5.41) is 17.9. The van der Waals surface area contributed by atoms with Gasteiger partial charge in [0.1, 0.15) is 17.1 Å². The van der Waals surface area contributed by atoms with Crippen LogP contribution in [-0.4, -0.2) is 104 Å². The standard InChI is InChI=1S/C32H49N3O7S.C23H33N3O5S2.C3H7Br/c1-21(2)41-30(37)34-24-13-11-22(12-14-24)27-18-23(20-33-27)26-16-15-25(19-28(26)43(38,39)35-31(3,4)5)40-17-9-10-29(36)42-32(6,7)8;1-14(2)31-22(28)25-16-8-6-15(7-9-16)21-24-13-19(32-21)18-11-10-17(27)12-20(18)33(29,30)26-23(3,4)5;1-2-3-4/h15-16,19-22,24,35H,9-14,17-18H2,1-8H3,(H,34,37);10-16,26-27H,6-9H2,1-5H3,(H,25,28);2-3H2,1H3. The van der Waals surface area contributed by atoms with Crippen molar-refractivity contribution in [2.45, 2.75) is 231 Å². The number of amides is 2. The molecule has 80 heavy (non-hydrogen) atoms. The van der Waals surface area contributed by atoms with Crippen LogP contribution in [0, 0.1) is 5.92 Å². The van der Waals surface area contributed by atoms with Crippen LogP contribution in [0.2, 0.25) is 0 Å². The quantitative estimate of drug-likeness (QED) is 0.0344. The van der Waals surface area contributed by atoms with Crippen molar-refractivity contribution in [1.29, 1.82) is 0 Å². The Bertz CT molecular complexity index is 2810. The van der Waals surface area contributed by atoms with Crippen LogP contribution in [-0.2, 0) is 39.1 Å². The molecular formula is C58H89BrN6O12S3. The Morgan fingerprint density at radius 3 is 1.73 bits per heavy atom. The minimum absolute atomic E-state index is 0.0317. The van der Waals surface area contributed by atoms with E-state index in [0.29, 0.717) is 29.7 Å². The number of phenolic OH excluding ortho intramolecular Hbond substituents is 1. The van der Waals surface area contributed by atoms with Crippen LogP contribution < -0.4 is 24.8 Å². The highest BCUT2D eigenvalue weighted by Crippen LogP contribution is 2.41. The van der Waals surface area contributed by atoms with Gasteiger partial charge in [0.05, 0.1) is 38.5 Å². The summed E-state index contributed by atoms with van der Waals surface area (Å²) in [6, 6.07) is 9.61. The third-order valence-corrected chi connectivity index (χ3v) is 17.9. The highest BCUT2D eigenvalue weighted by atomic mass is 79.9. The van der Waals surface area contributed by atoms with Crippen LogP contribution in [0.4, 0.5) is 9.59 Å². The minimum atomic E-state index is -3.89. The molecule has 2 heterocycles. The van der Waals surface area contributed by atoms with Crippen molar-refractivity contribution >= 4 is 76.8 Å². The number of esters is 1. The number of sulfonamides is 2. The molecule has 2 amide bonds. The normalized spacial score (nSPS) is 18.9. The molecule has 22 heteroatoms. The number of allylic oxidation sites excluding steroid dienone is 1. The maximum Gasteiger partial charge on any atom is 0.407 e. The minimum Gasteiger partial charge on any atom is -0.508 e. The largest absolute Gasteiger partial charge is 0.508 e. The zero-order chi connectivity index (χ0) is 59.8. The van der Waals surface area contributed by atoms with Crippen molar-refractivity contribution in [3.8, 4) is 21.9 Å². The lowest BCUT2D eigenvalue weighted by atomic mass is 9.81. The topological polar surface area (TPSA) is 250 Å². The van der Waals surface area contributed by atoms with Gasteiger partial charge in [0.15, 0.2) is 0 Å². The van der Waals surface area contributed by atoms with Crippen LogP contribution >= 0.6 is 27.3 Å². The molecule has 2 fully saturated rings. The first-order valence-electron chi connectivity index (χ1n) is 27.8. The number of hydrogen-bond donors (Lipinski definition) is 5. The van der Waals surface area contributed by atoms with Gasteiger partial charge in [-0.2, -0.15) is 0 Å². The lowest BCUT2D eigenvalue weighted by molar-refractivity contribution is -0.155. The van der Waals surface area contributed by atoms with Crippen molar-refractivity contribution in [3.05, 3.63) is 59.4 Å². The number of aromatic nitrogens is 1. The van der Waals surface area contributed by atoms with Gasteiger partial charge in [-0.15, -0.1) is 11.3 Å². The summed E-state index contributed by atoms with van der Waals surface area (Å²) >= 11 is 4.72. The number of aliphatic imine (C=N–C) groups is 1. The number of nitrogens with zero attached hydrogens (tertiary/aromatic N) is 2. The molecule has 5 N–H and O–H groups in total. The number of phenols is 1. The first-order valence-corrected chi connectivity index (χ1v) is 32.7. The average molecular weight is 1240 g/mol. The predicted octanol–water partition coefficient (Wildman–Crippen LogP) is 12.7. The van der Waals surface area contributed by atoms with Crippen molar-refractivity contribution in [3.63, 3.8) is 0 Å². The first-order chi connectivity index (χ1) is 37.2. The molecule has 0 saturated heterocycles. The summed E-state index contributed by atoms with van der Waals surface area (Å²) in [6.07, 6.45) is 11.7. The molecule has 3 aromatic rings. The van der Waals surface area contributed by atoms with Gasteiger partial charge in [0.2, 0.25) is 20.0 Å². The molecule has 3 aliphatic rings. The number of rotatable bonds is 18. The number of carbonyl (C=O) groups is 3. The van der Waals surface area contributed by atoms with Crippen molar-refractivity contribution < 1.29 is 55.3 Å². The molecule has 0 radical (unpaired) electrons. The molecule has 2 saturated carbocycles. The Balaban J connectivity index is 0.000000332. The maximum atomic E-state index is 13.6. The smallest absolute Gasteiger partial charge is 0.407 e. The highest BCUT2D eigenvalue weighted by Gasteiger charge is 2.33. The third-order valence-electron chi connectivity index (χ3n) is 12.3. The van der Waals surface area contributed by atoms with E-state index in [1.54, 1.807) is 78.2 Å². The fourth-order valence-electron chi connectivity index (χ4n) is 9.08. The van der Waals surface area contributed by atoms with Gasteiger partial charge in [0.25, 0.3) is 0 Å². The number of thiazole rings is 1. The van der Waals surface area contributed by atoms with Crippen LogP contribution in [0.5, 0.6) is 11.5 Å². The Kier molecular flexibility index (Phi) is 25.5. The van der Waals surface area contributed by atoms with E-state index in [4.69, 9.17) is 23.9 Å². The Hall–Kier alpha value is -4.61. The van der Waals surface area contributed by atoms with Crippen molar-refractivity contribution in [2.24, 2.45) is 10.9 Å². The lowest BCUT2D eigenvalue weighted by Gasteiger charge is -2.29. The van der Waals surface area contributed by atoms with Crippen LogP contribution in [0.1, 0.15) is 190 Å². The van der Waals surface area contributed by atoms with E-state index >= 15 is 0 Å². The summed E-state index contributed by atoms with van der Waals surface area (Å²) in [4.78, 5) is 46.0. The van der Waals surface area contributed by atoms with Gasteiger partial charge in [-0.25, -0.2) is 40.9 Å². The molecule has 6 rings (SSSR count). The molecule has 0 unspecified atom stereocenters. The molecule has 0 bridgehead atoms. The zero-order valence-electron chi connectivity index (χ0n) is 49.4. The summed E-state index contributed by atoms with van der Waals surface area (Å²) < 4.78 is 80.1. The van der Waals surface area contributed by atoms with Gasteiger partial charge >= 0.3 is 18.2 Å². The number of hydrogen-bond acceptors (Lipinski definition) is 15. The summed E-state index contributed by atoms with van der Waals surface area (Å²) in [7, 11) is -7.74. The van der Waals surface area contributed by atoms with E-state index in [-0.39, 0.29) is 82.9 Å². The fourth-order valence-corrected chi connectivity index (χ4v) is 13.6. The molecule has 2 aromatic carbocycles. The lowest BCUT2D eigenvalue weighted by Crippen LogP contribution is -2.40. The number of halogens is 1. The predicted molar refractivity (Wildman–Crippen MR) is 321 cm³/mol. The second-order valence-corrected chi connectivity index (χ2v) is 29.2. The van der Waals surface area contributed by atoms with E-state index in [2.05, 4.69) is 47.9 Å². The molecule has 1 aliphatic heterocycles. The Morgan fingerprint density at radius 1 is 0.738 bits per heavy atom. The van der Waals surface area contributed by atoms with Crippen molar-refractivity contribution in [1.82, 2.24) is 25.1 Å². The molecule has 2 aliphatic carbocycles. The molecule has 0 spiro atoms. The second-order valence-electron chi connectivity index (χ2n) is 24.1. The number of benzene rings is 2. The van der Waals surface area contributed by atoms with Gasteiger partial charge in [-0.05, 0) is 196 Å². The van der Waals surface area contributed by atoms with Crippen LogP contribution in [0.3, 0.4) is 0 Å². The molecule has 448 valence electrons. The molecule has 18 nitrogen and oxygen atoms in total. The van der Waals surface area contributed by atoms with E-state index in [9.17, 15) is 36.3 Å². The molecule has 0 atom stereocenters.